The molecule has 0 aromatic rings. The van der Waals surface area contributed by atoms with E-state index in [1.807, 2.05) is 0 Å². The maximum absolute atomic E-state index is 12.4. The van der Waals surface area contributed by atoms with Gasteiger partial charge in [-0.2, -0.15) is 30.2 Å². The van der Waals surface area contributed by atoms with Crippen molar-refractivity contribution in [3.8, 4) is 0 Å². The molecule has 0 rings (SSSR count). The maximum atomic E-state index is 12.4. The summed E-state index contributed by atoms with van der Waals surface area (Å²) in [6, 6.07) is -1.59. The minimum Gasteiger partial charge on any atom is -0.464 e. The Bertz CT molecular complexity index is 833. The lowest BCUT2D eigenvalue weighted by atomic mass is 10.4. The lowest BCUT2D eigenvalue weighted by molar-refractivity contribution is -0.237. The first kappa shape index (κ1) is 53.3. The average molecular weight is 651 g/mol. The molecule has 0 bridgehead atoms. The van der Waals surface area contributed by atoms with Gasteiger partial charge >= 0.3 is 35.0 Å². The van der Waals surface area contributed by atoms with Gasteiger partial charge in [0.1, 0.15) is 19.6 Å². The van der Waals surface area contributed by atoms with Gasteiger partial charge in [-0.05, 0) is 0 Å². The normalized spacial score (nSPS) is 11.0. The van der Waals surface area contributed by atoms with Crippen LogP contribution in [0.25, 0.3) is 0 Å². The SMILES string of the molecule is C.C.C.C.CN(CCOC(=O)CC(=O)OCCN(C)S(=O)(=O)CF)S(=O)(=O)F.FC(F)(F)F.FCC(F)(F)F. The van der Waals surface area contributed by atoms with Crippen LogP contribution >= 0.6 is 0 Å². The molecule has 0 spiro atoms. The zero-order chi connectivity index (χ0) is 28.7. The van der Waals surface area contributed by atoms with Gasteiger partial charge in [0.15, 0.2) is 6.67 Å². The minimum absolute atomic E-state index is 0. The monoisotopic (exact) mass is 650 g/mol. The molecule has 0 atom stereocenters. The molecule has 0 amide bonds. The van der Waals surface area contributed by atoms with Crippen LogP contribution in [0.4, 0.5) is 43.4 Å². The standard InChI is InChI=1S/C10H18F2N2O8S2.C2H2F4.CF4.4CH4/c1-13(23(17,18)8-11)3-5-21-9(15)7-10(16)22-6-4-14(2)24(12,19)20;3-1-2(4,5)6;2-1(3,4)5;;;;/h3-8H2,1-2H3;1H2;;4*1H4. The van der Waals surface area contributed by atoms with Crippen molar-refractivity contribution in [1.82, 2.24) is 8.61 Å². The number of carbonyl (C=O) groups excluding carboxylic acids is 2. The van der Waals surface area contributed by atoms with Gasteiger partial charge in [0, 0.05) is 20.6 Å². The predicted octanol–water partition coefficient (Wildman–Crippen LogP) is 4.34. The summed E-state index contributed by atoms with van der Waals surface area (Å²) in [6.45, 7) is -3.83. The first-order chi connectivity index (χ1) is 15.5. The summed E-state index contributed by atoms with van der Waals surface area (Å²) in [4.78, 5) is 22.5. The number of hydrogen-bond acceptors (Lipinski definition) is 8. The van der Waals surface area contributed by atoms with E-state index >= 15 is 0 Å². The molecular weight excluding hydrogens is 614 g/mol. The quantitative estimate of drug-likeness (QED) is 0.140. The van der Waals surface area contributed by atoms with Crippen molar-refractivity contribution in [2.24, 2.45) is 0 Å². The van der Waals surface area contributed by atoms with E-state index in [0.717, 1.165) is 14.1 Å². The van der Waals surface area contributed by atoms with Crippen molar-refractivity contribution < 1.29 is 79.3 Å². The topological polar surface area (TPSA) is 127 Å². The molecule has 0 saturated carbocycles. The molecule has 39 heavy (non-hydrogen) atoms. The molecule has 0 radical (unpaired) electrons. The van der Waals surface area contributed by atoms with Crippen LogP contribution in [0.15, 0.2) is 0 Å². The van der Waals surface area contributed by atoms with Crippen molar-refractivity contribution in [3.63, 3.8) is 0 Å². The molecule has 0 unspecified atom stereocenters. The number of ether oxygens (including phenoxy) is 2. The van der Waals surface area contributed by atoms with E-state index in [-0.39, 0.29) is 36.3 Å². The predicted molar refractivity (Wildman–Crippen MR) is 123 cm³/mol. The summed E-state index contributed by atoms with van der Waals surface area (Å²) in [6.07, 6.45) is -10.9. The van der Waals surface area contributed by atoms with Gasteiger partial charge in [0.05, 0.1) is 6.54 Å². The van der Waals surface area contributed by atoms with Crippen molar-refractivity contribution >= 4 is 32.4 Å². The van der Waals surface area contributed by atoms with E-state index in [1.165, 1.54) is 0 Å². The van der Waals surface area contributed by atoms with E-state index < -0.39 is 83.8 Å². The first-order valence-corrected chi connectivity index (χ1v) is 11.3. The Kier molecular flexibility index (Phi) is 32.7. The Labute approximate surface area is 222 Å². The van der Waals surface area contributed by atoms with Crippen LogP contribution in [-0.4, -0.2) is 103 Å². The summed E-state index contributed by atoms with van der Waals surface area (Å²) in [7, 11) is -6.92. The second-order valence-corrected chi connectivity index (χ2v) is 9.05. The number of halogens is 10. The number of sulfonamides is 1. The zero-order valence-corrected chi connectivity index (χ0v) is 19.3. The Morgan fingerprint density at radius 1 is 0.718 bits per heavy atom. The van der Waals surface area contributed by atoms with E-state index in [0.29, 0.717) is 8.61 Å². The third kappa shape index (κ3) is 40.7. The van der Waals surface area contributed by atoms with Crippen LogP contribution < -0.4 is 0 Å². The molecule has 10 nitrogen and oxygen atoms in total. The molecule has 22 heteroatoms. The van der Waals surface area contributed by atoms with Crippen LogP contribution in [0, 0.1) is 0 Å². The molecule has 0 aromatic carbocycles. The summed E-state index contributed by atoms with van der Waals surface area (Å²) in [5, 5.41) is 0. The Morgan fingerprint density at radius 2 is 1.00 bits per heavy atom. The van der Waals surface area contributed by atoms with Crippen LogP contribution in [0.5, 0.6) is 0 Å². The summed E-state index contributed by atoms with van der Waals surface area (Å²) in [5.41, 5.74) is 0. The van der Waals surface area contributed by atoms with Crippen molar-refractivity contribution in [1.29, 1.82) is 0 Å². The van der Waals surface area contributed by atoms with E-state index in [2.05, 4.69) is 9.47 Å². The fourth-order valence-corrected chi connectivity index (χ4v) is 1.94. The number of likely N-dealkylation sites (N-methyl/N-ethyl adjacent to an activating group) is 2. The van der Waals surface area contributed by atoms with Gasteiger partial charge in [-0.15, -0.1) is 17.6 Å². The highest BCUT2D eigenvalue weighted by Crippen LogP contribution is 2.14. The number of rotatable bonds is 11. The third-order valence-electron chi connectivity index (χ3n) is 2.76. The largest absolute Gasteiger partial charge is 0.559 e. The molecular formula is C17H36F10N2O8S2. The fraction of sp³-hybridized carbons (Fsp3) is 0.882. The molecule has 244 valence electrons. The molecule has 0 saturated heterocycles. The van der Waals surface area contributed by atoms with Gasteiger partial charge < -0.3 is 9.47 Å². The molecule has 0 aliphatic carbocycles. The van der Waals surface area contributed by atoms with Gasteiger partial charge in [0.2, 0.25) is 16.0 Å². The Balaban J connectivity index is -0.000000115. The maximum Gasteiger partial charge on any atom is 0.559 e. The summed E-state index contributed by atoms with van der Waals surface area (Å²) < 4.78 is 158. The highest BCUT2D eigenvalue weighted by molar-refractivity contribution is 7.88. The van der Waals surface area contributed by atoms with Crippen LogP contribution in [0.3, 0.4) is 0 Å². The van der Waals surface area contributed by atoms with E-state index in [9.17, 15) is 69.8 Å². The van der Waals surface area contributed by atoms with Gasteiger partial charge in [-0.3, -0.25) is 9.59 Å². The third-order valence-corrected chi connectivity index (χ3v) is 5.10. The molecule has 0 N–H and O–H groups in total. The average Bonchev–Trinajstić information content (AvgIpc) is 2.65. The van der Waals surface area contributed by atoms with Gasteiger partial charge in [0.25, 0.3) is 0 Å². The minimum atomic E-state index is -5.50. The smallest absolute Gasteiger partial charge is 0.464 e. The first-order valence-electron chi connectivity index (χ1n) is 8.31. The molecule has 0 aliphatic rings. The van der Waals surface area contributed by atoms with E-state index in [1.54, 1.807) is 0 Å². The molecule has 0 heterocycles. The highest BCUT2D eigenvalue weighted by Gasteiger charge is 2.26. The van der Waals surface area contributed by atoms with Crippen LogP contribution in [0.1, 0.15) is 36.1 Å². The lowest BCUT2D eigenvalue weighted by Crippen LogP contribution is -2.32. The molecule has 0 aromatic heterocycles. The number of hydrogen-bond donors (Lipinski definition) is 0. The van der Waals surface area contributed by atoms with Gasteiger partial charge in [-0.25, -0.2) is 17.2 Å². The zero-order valence-electron chi connectivity index (χ0n) is 17.7. The Hall–Kier alpha value is -1.94. The van der Waals surface area contributed by atoms with Crippen molar-refractivity contribution in [2.75, 3.05) is 53.1 Å². The molecule has 0 fully saturated rings. The van der Waals surface area contributed by atoms with Crippen LogP contribution in [-0.2, 0) is 39.5 Å². The van der Waals surface area contributed by atoms with Crippen molar-refractivity contribution in [2.45, 2.75) is 48.7 Å². The van der Waals surface area contributed by atoms with E-state index in [4.69, 9.17) is 0 Å². The number of carbonyl (C=O) groups is 2. The van der Waals surface area contributed by atoms with Crippen LogP contribution in [0.2, 0.25) is 0 Å². The molecule has 0 aliphatic heterocycles. The second kappa shape index (κ2) is 23.9. The number of esters is 2. The van der Waals surface area contributed by atoms with Gasteiger partial charge in [-0.1, -0.05) is 33.6 Å². The summed E-state index contributed by atoms with van der Waals surface area (Å²) >= 11 is 0. The number of alkyl halides is 9. The Morgan fingerprint density at radius 3 is 1.23 bits per heavy atom. The summed E-state index contributed by atoms with van der Waals surface area (Å²) in [5.74, 6) is -2.05. The number of nitrogens with zero attached hydrogens (tertiary/aromatic N) is 2. The van der Waals surface area contributed by atoms with Crippen molar-refractivity contribution in [3.05, 3.63) is 0 Å². The fourth-order valence-electron chi connectivity index (χ4n) is 1.13. The lowest BCUT2D eigenvalue weighted by Gasteiger charge is -2.14. The second-order valence-electron chi connectivity index (χ2n) is 5.60. The highest BCUT2D eigenvalue weighted by atomic mass is 32.3.